The van der Waals surface area contributed by atoms with Gasteiger partial charge >= 0.3 is 0 Å². The van der Waals surface area contributed by atoms with Crippen LogP contribution in [0.3, 0.4) is 0 Å². The SMILES string of the molecule is CCc1ccc([C@H](C)NC(=O)Cn2cnc3scc(-c4ccccc4)c3c2=O)cc1. The van der Waals surface area contributed by atoms with Gasteiger partial charge in [0.25, 0.3) is 5.56 Å². The number of aryl methyl sites for hydroxylation is 1. The zero-order valence-corrected chi connectivity index (χ0v) is 17.8. The number of hydrogen-bond donors (Lipinski definition) is 1. The molecule has 0 saturated heterocycles. The average molecular weight is 418 g/mol. The van der Waals surface area contributed by atoms with Crippen molar-refractivity contribution in [2.24, 2.45) is 0 Å². The van der Waals surface area contributed by atoms with Crippen LogP contribution >= 0.6 is 11.3 Å². The summed E-state index contributed by atoms with van der Waals surface area (Å²) in [6, 6.07) is 17.8. The Kier molecular flexibility index (Phi) is 5.77. The summed E-state index contributed by atoms with van der Waals surface area (Å²) in [6.45, 7) is 3.98. The molecule has 0 bridgehead atoms. The van der Waals surface area contributed by atoms with E-state index >= 15 is 0 Å². The van der Waals surface area contributed by atoms with Gasteiger partial charge in [-0.3, -0.25) is 14.2 Å². The predicted molar refractivity (Wildman–Crippen MR) is 122 cm³/mol. The Bertz CT molecular complexity index is 1230. The molecule has 4 aromatic rings. The molecule has 0 aliphatic heterocycles. The van der Waals surface area contributed by atoms with Crippen LogP contribution in [0, 0.1) is 0 Å². The molecule has 0 aliphatic rings. The van der Waals surface area contributed by atoms with E-state index in [1.54, 1.807) is 0 Å². The van der Waals surface area contributed by atoms with E-state index in [1.807, 2.05) is 54.8 Å². The number of rotatable bonds is 6. The lowest BCUT2D eigenvalue weighted by molar-refractivity contribution is -0.122. The fraction of sp³-hybridized carbons (Fsp3) is 0.208. The fourth-order valence-electron chi connectivity index (χ4n) is 3.48. The average Bonchev–Trinajstić information content (AvgIpc) is 3.21. The van der Waals surface area contributed by atoms with E-state index in [1.165, 1.54) is 27.8 Å². The van der Waals surface area contributed by atoms with Crippen molar-refractivity contribution in [3.63, 3.8) is 0 Å². The molecule has 6 heteroatoms. The third-order valence-electron chi connectivity index (χ3n) is 5.22. The van der Waals surface area contributed by atoms with Gasteiger partial charge in [-0.15, -0.1) is 11.3 Å². The highest BCUT2D eigenvalue weighted by Crippen LogP contribution is 2.30. The van der Waals surface area contributed by atoms with Crippen LogP contribution in [0.1, 0.15) is 31.0 Å². The highest BCUT2D eigenvalue weighted by Gasteiger charge is 2.16. The van der Waals surface area contributed by atoms with Crippen molar-refractivity contribution in [3.05, 3.63) is 87.8 Å². The molecule has 0 unspecified atom stereocenters. The molecule has 1 atom stereocenters. The number of fused-ring (bicyclic) bond motifs is 1. The van der Waals surface area contributed by atoms with Gasteiger partial charge in [-0.1, -0.05) is 61.5 Å². The Labute approximate surface area is 179 Å². The maximum absolute atomic E-state index is 13.1. The van der Waals surface area contributed by atoms with Crippen LogP contribution in [0.15, 0.2) is 71.1 Å². The lowest BCUT2D eigenvalue weighted by Gasteiger charge is -2.15. The molecule has 2 aromatic heterocycles. The van der Waals surface area contributed by atoms with E-state index in [4.69, 9.17) is 0 Å². The molecule has 1 N–H and O–H groups in total. The van der Waals surface area contributed by atoms with Crippen LogP contribution in [0.5, 0.6) is 0 Å². The number of aromatic nitrogens is 2. The molecule has 152 valence electrons. The third kappa shape index (κ3) is 4.04. The standard InChI is InChI=1S/C24H23N3O2S/c1-3-17-9-11-18(12-10-17)16(2)26-21(28)13-27-15-25-23-22(24(27)29)20(14-30-23)19-7-5-4-6-8-19/h4-12,14-16H,3,13H2,1-2H3,(H,26,28)/t16-/m0/s1. The largest absolute Gasteiger partial charge is 0.348 e. The molecule has 0 radical (unpaired) electrons. The number of carbonyl (C=O) groups is 1. The number of hydrogen-bond acceptors (Lipinski definition) is 4. The van der Waals surface area contributed by atoms with Gasteiger partial charge in [-0.05, 0) is 30.0 Å². The van der Waals surface area contributed by atoms with Crippen molar-refractivity contribution in [1.29, 1.82) is 0 Å². The van der Waals surface area contributed by atoms with E-state index in [9.17, 15) is 9.59 Å². The first-order valence-electron chi connectivity index (χ1n) is 9.97. The minimum atomic E-state index is -0.221. The molecular weight excluding hydrogens is 394 g/mol. The summed E-state index contributed by atoms with van der Waals surface area (Å²) in [5.41, 5.74) is 3.91. The molecule has 4 rings (SSSR count). The summed E-state index contributed by atoms with van der Waals surface area (Å²) >= 11 is 1.44. The molecule has 1 amide bonds. The zero-order chi connectivity index (χ0) is 21.1. The number of nitrogens with one attached hydrogen (secondary N) is 1. The maximum Gasteiger partial charge on any atom is 0.263 e. The molecule has 0 saturated carbocycles. The Morgan fingerprint density at radius 2 is 1.87 bits per heavy atom. The maximum atomic E-state index is 13.1. The van der Waals surface area contributed by atoms with Crippen LogP contribution in [0.25, 0.3) is 21.3 Å². The Balaban J connectivity index is 1.55. The van der Waals surface area contributed by atoms with E-state index in [2.05, 4.69) is 29.4 Å². The van der Waals surface area contributed by atoms with Crippen LogP contribution < -0.4 is 10.9 Å². The van der Waals surface area contributed by atoms with Crippen LogP contribution in [-0.4, -0.2) is 15.5 Å². The van der Waals surface area contributed by atoms with Gasteiger partial charge in [0, 0.05) is 10.9 Å². The summed E-state index contributed by atoms with van der Waals surface area (Å²) in [7, 11) is 0. The number of carbonyl (C=O) groups excluding carboxylic acids is 1. The molecular formula is C24H23N3O2S. The lowest BCUT2D eigenvalue weighted by atomic mass is 10.1. The topological polar surface area (TPSA) is 64.0 Å². The summed E-state index contributed by atoms with van der Waals surface area (Å²) in [4.78, 5) is 30.8. The first kappa shape index (κ1) is 20.0. The summed E-state index contributed by atoms with van der Waals surface area (Å²) in [5.74, 6) is -0.221. The lowest BCUT2D eigenvalue weighted by Crippen LogP contribution is -2.33. The number of nitrogens with zero attached hydrogens (tertiary/aromatic N) is 2. The van der Waals surface area contributed by atoms with Crippen molar-refractivity contribution < 1.29 is 4.79 Å². The van der Waals surface area contributed by atoms with E-state index < -0.39 is 0 Å². The van der Waals surface area contributed by atoms with Gasteiger partial charge in [0.05, 0.1) is 17.8 Å². The van der Waals surface area contributed by atoms with Crippen LogP contribution in [0.4, 0.5) is 0 Å². The monoisotopic (exact) mass is 417 g/mol. The number of benzene rings is 2. The second kappa shape index (κ2) is 8.63. The van der Waals surface area contributed by atoms with Crippen molar-refractivity contribution in [1.82, 2.24) is 14.9 Å². The second-order valence-corrected chi connectivity index (χ2v) is 8.12. The van der Waals surface area contributed by atoms with Crippen molar-refractivity contribution in [3.8, 4) is 11.1 Å². The van der Waals surface area contributed by atoms with Crippen molar-refractivity contribution >= 4 is 27.5 Å². The number of amides is 1. The van der Waals surface area contributed by atoms with Gasteiger partial charge in [0.2, 0.25) is 5.91 Å². The molecule has 2 heterocycles. The molecule has 30 heavy (non-hydrogen) atoms. The highest BCUT2D eigenvalue weighted by atomic mass is 32.1. The van der Waals surface area contributed by atoms with Gasteiger partial charge in [0.15, 0.2) is 0 Å². The van der Waals surface area contributed by atoms with E-state index in [-0.39, 0.29) is 24.1 Å². The summed E-state index contributed by atoms with van der Waals surface area (Å²) in [5, 5.41) is 5.48. The molecule has 2 aromatic carbocycles. The minimum absolute atomic E-state index is 0.0662. The smallest absolute Gasteiger partial charge is 0.263 e. The molecule has 0 fully saturated rings. The summed E-state index contributed by atoms with van der Waals surface area (Å²) in [6.07, 6.45) is 2.43. The van der Waals surface area contributed by atoms with Crippen molar-refractivity contribution in [2.45, 2.75) is 32.9 Å². The van der Waals surface area contributed by atoms with E-state index in [0.29, 0.717) is 10.2 Å². The Hall–Kier alpha value is -3.25. The fourth-order valence-corrected chi connectivity index (χ4v) is 4.38. The van der Waals surface area contributed by atoms with Gasteiger partial charge in [0.1, 0.15) is 11.4 Å². The van der Waals surface area contributed by atoms with Crippen LogP contribution in [0.2, 0.25) is 0 Å². The third-order valence-corrected chi connectivity index (χ3v) is 6.11. The first-order chi connectivity index (χ1) is 14.6. The zero-order valence-electron chi connectivity index (χ0n) is 17.0. The highest BCUT2D eigenvalue weighted by molar-refractivity contribution is 7.17. The number of thiophene rings is 1. The molecule has 0 spiro atoms. The van der Waals surface area contributed by atoms with Gasteiger partial charge in [-0.25, -0.2) is 4.98 Å². The predicted octanol–water partition coefficient (Wildman–Crippen LogP) is 4.56. The quantitative estimate of drug-likeness (QED) is 0.500. The molecule has 0 aliphatic carbocycles. The minimum Gasteiger partial charge on any atom is -0.348 e. The summed E-state index contributed by atoms with van der Waals surface area (Å²) < 4.78 is 1.38. The Morgan fingerprint density at radius 1 is 1.13 bits per heavy atom. The normalized spacial score (nSPS) is 12.1. The second-order valence-electron chi connectivity index (χ2n) is 7.26. The first-order valence-corrected chi connectivity index (χ1v) is 10.8. The van der Waals surface area contributed by atoms with Crippen LogP contribution in [-0.2, 0) is 17.8 Å². The van der Waals surface area contributed by atoms with E-state index in [0.717, 1.165) is 23.1 Å². The van der Waals surface area contributed by atoms with Gasteiger partial charge < -0.3 is 5.32 Å². The molecule has 5 nitrogen and oxygen atoms in total. The Morgan fingerprint density at radius 3 is 2.57 bits per heavy atom. The van der Waals surface area contributed by atoms with Gasteiger partial charge in [-0.2, -0.15) is 0 Å². The van der Waals surface area contributed by atoms with Crippen molar-refractivity contribution in [2.75, 3.05) is 0 Å².